The number of carboxylic acid groups (broad SMARTS) is 1. The third-order valence-corrected chi connectivity index (χ3v) is 3.36. The van der Waals surface area contributed by atoms with Gasteiger partial charge in [-0.25, -0.2) is 4.79 Å². The number of aromatic carboxylic acids is 1. The molecule has 0 atom stereocenters. The van der Waals surface area contributed by atoms with Crippen molar-refractivity contribution >= 4 is 17.7 Å². The molecule has 0 aliphatic rings. The van der Waals surface area contributed by atoms with E-state index in [0.717, 1.165) is 10.5 Å². The highest BCUT2D eigenvalue weighted by Crippen LogP contribution is 2.31. The standard InChI is InChI=1S/C14H12O3S/c1-18-10-5-2-4-9(8-10)11-6-3-7-12(15)13(11)14(16)17/h2-8,15H,1H3,(H,16,17). The lowest BCUT2D eigenvalue weighted by Gasteiger charge is -2.09. The summed E-state index contributed by atoms with van der Waals surface area (Å²) in [4.78, 5) is 12.3. The highest BCUT2D eigenvalue weighted by atomic mass is 32.2. The number of carbonyl (C=O) groups is 1. The molecule has 2 aromatic carbocycles. The third-order valence-electron chi connectivity index (χ3n) is 2.64. The molecule has 0 unspecified atom stereocenters. The van der Waals surface area contributed by atoms with Gasteiger partial charge in [-0.1, -0.05) is 24.3 Å². The van der Waals surface area contributed by atoms with Crippen LogP contribution < -0.4 is 0 Å². The van der Waals surface area contributed by atoms with Crippen molar-refractivity contribution in [2.45, 2.75) is 4.90 Å². The molecule has 4 heteroatoms. The zero-order chi connectivity index (χ0) is 13.1. The van der Waals surface area contributed by atoms with Crippen molar-refractivity contribution in [3.63, 3.8) is 0 Å². The molecule has 92 valence electrons. The Morgan fingerprint density at radius 3 is 2.56 bits per heavy atom. The maximum Gasteiger partial charge on any atom is 0.340 e. The van der Waals surface area contributed by atoms with Crippen molar-refractivity contribution in [2.75, 3.05) is 6.26 Å². The van der Waals surface area contributed by atoms with Crippen molar-refractivity contribution in [2.24, 2.45) is 0 Å². The first-order valence-corrected chi connectivity index (χ1v) is 6.55. The Morgan fingerprint density at radius 2 is 1.89 bits per heavy atom. The van der Waals surface area contributed by atoms with Crippen LogP contribution >= 0.6 is 11.8 Å². The van der Waals surface area contributed by atoms with Crippen LogP contribution in [-0.2, 0) is 0 Å². The van der Waals surface area contributed by atoms with E-state index in [2.05, 4.69) is 0 Å². The Kier molecular flexibility index (Phi) is 3.58. The average Bonchev–Trinajstić information content (AvgIpc) is 2.38. The van der Waals surface area contributed by atoms with E-state index in [9.17, 15) is 9.90 Å². The molecule has 3 nitrogen and oxygen atoms in total. The molecule has 0 aliphatic carbocycles. The van der Waals surface area contributed by atoms with Gasteiger partial charge in [0.2, 0.25) is 0 Å². The number of benzene rings is 2. The summed E-state index contributed by atoms with van der Waals surface area (Å²) in [6.45, 7) is 0. The van der Waals surface area contributed by atoms with E-state index in [-0.39, 0.29) is 11.3 Å². The minimum absolute atomic E-state index is 0.0595. The largest absolute Gasteiger partial charge is 0.507 e. The molecule has 0 amide bonds. The summed E-state index contributed by atoms with van der Waals surface area (Å²) in [5.74, 6) is -1.34. The topological polar surface area (TPSA) is 57.5 Å². The van der Waals surface area contributed by atoms with Crippen LogP contribution in [-0.4, -0.2) is 22.4 Å². The quantitative estimate of drug-likeness (QED) is 0.829. The molecule has 0 radical (unpaired) electrons. The Balaban J connectivity index is 2.63. The Hall–Kier alpha value is -1.94. The number of hydrogen-bond acceptors (Lipinski definition) is 3. The van der Waals surface area contributed by atoms with Crippen molar-refractivity contribution < 1.29 is 15.0 Å². The van der Waals surface area contributed by atoms with Crippen molar-refractivity contribution in [3.8, 4) is 16.9 Å². The molecule has 0 heterocycles. The molecular weight excluding hydrogens is 248 g/mol. The maximum atomic E-state index is 11.2. The van der Waals surface area contributed by atoms with Crippen molar-refractivity contribution in [1.82, 2.24) is 0 Å². The highest BCUT2D eigenvalue weighted by Gasteiger charge is 2.16. The first-order valence-electron chi connectivity index (χ1n) is 5.33. The van der Waals surface area contributed by atoms with Gasteiger partial charge < -0.3 is 10.2 Å². The predicted octanol–water partition coefficient (Wildman–Crippen LogP) is 3.48. The Bertz CT molecular complexity index is 593. The SMILES string of the molecule is CSc1cccc(-c2cccc(O)c2C(=O)O)c1. The number of aromatic hydroxyl groups is 1. The second-order valence-corrected chi connectivity index (χ2v) is 4.62. The fourth-order valence-corrected chi connectivity index (χ4v) is 2.26. The van der Waals surface area contributed by atoms with Gasteiger partial charge in [0.1, 0.15) is 11.3 Å². The van der Waals surface area contributed by atoms with E-state index in [1.165, 1.54) is 6.07 Å². The minimum atomic E-state index is -1.13. The lowest BCUT2D eigenvalue weighted by Crippen LogP contribution is -2.00. The minimum Gasteiger partial charge on any atom is -0.507 e. The Morgan fingerprint density at radius 1 is 1.17 bits per heavy atom. The van der Waals surface area contributed by atoms with Crippen LogP contribution in [0.5, 0.6) is 5.75 Å². The number of hydrogen-bond donors (Lipinski definition) is 2. The summed E-state index contributed by atoms with van der Waals surface area (Å²) < 4.78 is 0. The summed E-state index contributed by atoms with van der Waals surface area (Å²) >= 11 is 1.59. The summed E-state index contributed by atoms with van der Waals surface area (Å²) in [7, 11) is 0. The maximum absolute atomic E-state index is 11.2. The van der Waals surface area contributed by atoms with Gasteiger partial charge in [-0.3, -0.25) is 0 Å². The van der Waals surface area contributed by atoms with Gasteiger partial charge in [-0.2, -0.15) is 0 Å². The van der Waals surface area contributed by atoms with Gasteiger partial charge in [0.25, 0.3) is 0 Å². The van der Waals surface area contributed by atoms with Crippen molar-refractivity contribution in [3.05, 3.63) is 48.0 Å². The predicted molar refractivity (Wildman–Crippen MR) is 72.3 cm³/mol. The lowest BCUT2D eigenvalue weighted by molar-refractivity contribution is 0.0694. The van der Waals surface area contributed by atoms with Gasteiger partial charge in [0, 0.05) is 4.90 Å². The molecule has 0 saturated carbocycles. The zero-order valence-electron chi connectivity index (χ0n) is 9.75. The first kappa shape index (κ1) is 12.5. The van der Waals surface area contributed by atoms with Gasteiger partial charge in [0.05, 0.1) is 0 Å². The molecule has 2 N–H and O–H groups in total. The fraction of sp³-hybridized carbons (Fsp3) is 0.0714. The molecule has 0 aromatic heterocycles. The van der Waals surface area contributed by atoms with E-state index in [1.54, 1.807) is 23.9 Å². The average molecular weight is 260 g/mol. The Labute approximate surface area is 109 Å². The molecule has 2 aromatic rings. The van der Waals surface area contributed by atoms with Gasteiger partial charge >= 0.3 is 5.97 Å². The van der Waals surface area contributed by atoms with Crippen LogP contribution in [0.3, 0.4) is 0 Å². The third kappa shape index (κ3) is 2.33. The van der Waals surface area contributed by atoms with E-state index >= 15 is 0 Å². The van der Waals surface area contributed by atoms with E-state index < -0.39 is 5.97 Å². The van der Waals surface area contributed by atoms with Crippen LogP contribution in [0, 0.1) is 0 Å². The highest BCUT2D eigenvalue weighted by molar-refractivity contribution is 7.98. The number of carboxylic acids is 1. The summed E-state index contributed by atoms with van der Waals surface area (Å²) in [5.41, 5.74) is 1.25. The van der Waals surface area contributed by atoms with Crippen molar-refractivity contribution in [1.29, 1.82) is 0 Å². The fourth-order valence-electron chi connectivity index (χ4n) is 1.80. The second kappa shape index (κ2) is 5.14. The molecule has 0 aliphatic heterocycles. The summed E-state index contributed by atoms with van der Waals surface area (Å²) in [6.07, 6.45) is 1.96. The normalized spacial score (nSPS) is 10.3. The van der Waals surface area contributed by atoms with Crippen LogP contribution in [0.4, 0.5) is 0 Å². The molecule has 0 bridgehead atoms. The van der Waals surface area contributed by atoms with Gasteiger partial charge in [-0.15, -0.1) is 11.8 Å². The van der Waals surface area contributed by atoms with Crippen LogP contribution in [0.2, 0.25) is 0 Å². The van der Waals surface area contributed by atoms with E-state index in [0.29, 0.717) is 5.56 Å². The summed E-state index contributed by atoms with van der Waals surface area (Å²) in [6, 6.07) is 12.3. The van der Waals surface area contributed by atoms with Gasteiger partial charge in [0.15, 0.2) is 0 Å². The van der Waals surface area contributed by atoms with E-state index in [4.69, 9.17) is 5.11 Å². The second-order valence-electron chi connectivity index (χ2n) is 3.74. The molecular formula is C14H12O3S. The molecule has 0 fully saturated rings. The smallest absolute Gasteiger partial charge is 0.340 e. The molecule has 0 spiro atoms. The van der Waals surface area contributed by atoms with E-state index in [1.807, 2.05) is 30.5 Å². The summed E-state index contributed by atoms with van der Waals surface area (Å²) in [5, 5.41) is 18.8. The molecule has 18 heavy (non-hydrogen) atoms. The molecule has 0 saturated heterocycles. The lowest BCUT2D eigenvalue weighted by atomic mass is 9.99. The van der Waals surface area contributed by atoms with Crippen LogP contribution in [0.15, 0.2) is 47.4 Å². The zero-order valence-corrected chi connectivity index (χ0v) is 10.6. The van der Waals surface area contributed by atoms with Gasteiger partial charge in [-0.05, 0) is 35.6 Å². The number of thioether (sulfide) groups is 1. The monoisotopic (exact) mass is 260 g/mol. The molecule has 2 rings (SSSR count). The first-order chi connectivity index (χ1) is 8.63. The van der Waals surface area contributed by atoms with Crippen LogP contribution in [0.25, 0.3) is 11.1 Å². The van der Waals surface area contributed by atoms with Crippen LogP contribution in [0.1, 0.15) is 10.4 Å². The number of phenols is 1. The number of rotatable bonds is 3.